The Bertz CT molecular complexity index is 1200. The van der Waals surface area contributed by atoms with Crippen molar-refractivity contribution in [3.8, 4) is 11.5 Å². The van der Waals surface area contributed by atoms with Crippen molar-refractivity contribution in [1.82, 2.24) is 9.62 Å². The van der Waals surface area contributed by atoms with Crippen LogP contribution >= 0.6 is 0 Å². The lowest BCUT2D eigenvalue weighted by Gasteiger charge is -2.22. The average molecular weight is 473 g/mol. The van der Waals surface area contributed by atoms with Crippen LogP contribution in [-0.2, 0) is 27.9 Å². The van der Waals surface area contributed by atoms with Crippen molar-refractivity contribution < 1.29 is 27.1 Å². The average Bonchev–Trinajstić information content (AvgIpc) is 2.83. The Hall–Kier alpha value is -3.43. The van der Waals surface area contributed by atoms with Crippen LogP contribution in [0.1, 0.15) is 11.1 Å². The van der Waals surface area contributed by atoms with Crippen molar-refractivity contribution in [1.29, 1.82) is 0 Å². The summed E-state index contributed by atoms with van der Waals surface area (Å²) in [6.45, 7) is -0.405. The fourth-order valence-corrected chi connectivity index (χ4v) is 4.66. The zero-order chi connectivity index (χ0) is 23.8. The van der Waals surface area contributed by atoms with Gasteiger partial charge in [0.05, 0.1) is 20.8 Å². The van der Waals surface area contributed by atoms with Crippen molar-refractivity contribution in [3.05, 3.63) is 89.7 Å². The van der Waals surface area contributed by atoms with E-state index in [2.05, 4.69) is 5.32 Å². The summed E-state index contributed by atoms with van der Waals surface area (Å²) >= 11 is 0. The summed E-state index contributed by atoms with van der Waals surface area (Å²) in [6.07, 6.45) is 0. The van der Waals surface area contributed by atoms with Crippen molar-refractivity contribution >= 4 is 15.9 Å². The Balaban J connectivity index is 1.78. The van der Waals surface area contributed by atoms with Gasteiger partial charge in [0.25, 0.3) is 0 Å². The van der Waals surface area contributed by atoms with Gasteiger partial charge in [0.2, 0.25) is 15.9 Å². The lowest BCUT2D eigenvalue weighted by molar-refractivity contribution is -0.121. The first kappa shape index (κ1) is 24.2. The number of hydrogen-bond donors (Lipinski definition) is 1. The fraction of sp³-hybridized carbons (Fsp3) is 0.208. The van der Waals surface area contributed by atoms with Gasteiger partial charge in [-0.25, -0.2) is 12.8 Å². The number of benzene rings is 3. The third kappa shape index (κ3) is 6.09. The lowest BCUT2D eigenvalue weighted by atomic mass is 10.2. The van der Waals surface area contributed by atoms with Gasteiger partial charge in [-0.05, 0) is 35.4 Å². The van der Waals surface area contributed by atoms with Crippen LogP contribution in [0, 0.1) is 5.82 Å². The zero-order valence-corrected chi connectivity index (χ0v) is 19.1. The summed E-state index contributed by atoms with van der Waals surface area (Å²) in [6, 6.07) is 19.1. The first-order valence-electron chi connectivity index (χ1n) is 10.1. The Morgan fingerprint density at radius 2 is 1.58 bits per heavy atom. The number of amides is 1. The molecule has 0 atom stereocenters. The van der Waals surface area contributed by atoms with Crippen LogP contribution in [0.4, 0.5) is 4.39 Å². The molecule has 9 heteroatoms. The molecule has 0 saturated carbocycles. The molecule has 3 aromatic rings. The maximum Gasteiger partial charge on any atom is 0.246 e. The van der Waals surface area contributed by atoms with E-state index in [4.69, 9.17) is 9.47 Å². The van der Waals surface area contributed by atoms with E-state index in [0.717, 1.165) is 15.9 Å². The molecular formula is C24H25FN2O5S. The molecule has 0 saturated heterocycles. The number of methoxy groups -OCH3 is 2. The second-order valence-electron chi connectivity index (χ2n) is 7.16. The van der Waals surface area contributed by atoms with Gasteiger partial charge < -0.3 is 14.8 Å². The Kier molecular flexibility index (Phi) is 8.02. The number of ether oxygens (including phenoxy) is 2. The summed E-state index contributed by atoms with van der Waals surface area (Å²) in [5.41, 5.74) is 1.41. The van der Waals surface area contributed by atoms with Crippen LogP contribution in [0.25, 0.3) is 0 Å². The Morgan fingerprint density at radius 3 is 2.24 bits per heavy atom. The van der Waals surface area contributed by atoms with Crippen molar-refractivity contribution in [2.45, 2.75) is 18.0 Å². The molecule has 0 spiro atoms. The molecule has 0 aromatic heterocycles. The van der Waals surface area contributed by atoms with Crippen molar-refractivity contribution in [2.24, 2.45) is 0 Å². The minimum Gasteiger partial charge on any atom is -0.493 e. The molecule has 0 aliphatic rings. The summed E-state index contributed by atoms with van der Waals surface area (Å²) in [5, 5.41) is 2.71. The topological polar surface area (TPSA) is 84.9 Å². The van der Waals surface area contributed by atoms with E-state index in [1.54, 1.807) is 48.5 Å². The third-order valence-corrected chi connectivity index (χ3v) is 6.74. The molecule has 3 aromatic carbocycles. The Labute approximate surface area is 192 Å². The number of carbonyl (C=O) groups excluding carboxylic acids is 1. The van der Waals surface area contributed by atoms with Crippen molar-refractivity contribution in [2.75, 3.05) is 20.8 Å². The number of sulfonamides is 1. The van der Waals surface area contributed by atoms with Gasteiger partial charge in [-0.1, -0.05) is 48.5 Å². The highest BCUT2D eigenvalue weighted by Gasteiger charge is 2.29. The number of rotatable bonds is 10. The van der Waals surface area contributed by atoms with E-state index in [0.29, 0.717) is 17.1 Å². The van der Waals surface area contributed by atoms with E-state index in [1.165, 1.54) is 32.4 Å². The normalized spacial score (nSPS) is 11.3. The van der Waals surface area contributed by atoms with Crippen molar-refractivity contribution in [3.63, 3.8) is 0 Å². The number of nitrogens with one attached hydrogen (secondary N) is 1. The molecule has 33 heavy (non-hydrogen) atoms. The molecule has 0 radical (unpaired) electrons. The summed E-state index contributed by atoms with van der Waals surface area (Å²) in [4.78, 5) is 12.2. The summed E-state index contributed by atoms with van der Waals surface area (Å²) in [5.74, 6) is -0.336. The minimum atomic E-state index is -4.27. The highest BCUT2D eigenvalue weighted by molar-refractivity contribution is 7.89. The smallest absolute Gasteiger partial charge is 0.246 e. The fourth-order valence-electron chi connectivity index (χ4n) is 3.21. The number of hydrogen-bond acceptors (Lipinski definition) is 5. The molecule has 0 fully saturated rings. The van der Waals surface area contributed by atoms with Crippen LogP contribution < -0.4 is 14.8 Å². The standard InChI is InChI=1S/C24H25FN2O5S/c1-31-21-13-12-19(14-22(21)32-2)15-26-24(28)17-27(16-18-8-4-3-5-9-18)33(29,30)23-11-7-6-10-20(23)25/h3-14H,15-17H2,1-2H3,(H,26,28). The molecule has 7 nitrogen and oxygen atoms in total. The van der Waals surface area contributed by atoms with Crippen LogP contribution in [0.3, 0.4) is 0 Å². The molecule has 1 amide bonds. The van der Waals surface area contributed by atoms with Crippen LogP contribution in [0.5, 0.6) is 11.5 Å². The van der Waals surface area contributed by atoms with Crippen LogP contribution in [0.2, 0.25) is 0 Å². The van der Waals surface area contributed by atoms with Gasteiger partial charge in [0.1, 0.15) is 10.7 Å². The number of carbonyl (C=O) groups is 1. The molecular weight excluding hydrogens is 447 g/mol. The van der Waals surface area contributed by atoms with E-state index in [-0.39, 0.29) is 13.1 Å². The van der Waals surface area contributed by atoms with E-state index in [9.17, 15) is 17.6 Å². The minimum absolute atomic E-state index is 0.0821. The predicted molar refractivity (Wildman–Crippen MR) is 122 cm³/mol. The van der Waals surface area contributed by atoms with Gasteiger partial charge in [0, 0.05) is 13.1 Å². The molecule has 0 unspecified atom stereocenters. The highest BCUT2D eigenvalue weighted by atomic mass is 32.2. The van der Waals surface area contributed by atoms with Crippen LogP contribution in [-0.4, -0.2) is 39.4 Å². The molecule has 0 aliphatic heterocycles. The monoisotopic (exact) mass is 472 g/mol. The summed E-state index contributed by atoms with van der Waals surface area (Å²) < 4.78 is 52.1. The van der Waals surface area contributed by atoms with E-state index in [1.807, 2.05) is 0 Å². The van der Waals surface area contributed by atoms with Crippen LogP contribution in [0.15, 0.2) is 77.7 Å². The number of halogens is 1. The molecule has 3 rings (SSSR count). The van der Waals surface area contributed by atoms with E-state index < -0.39 is 33.2 Å². The van der Waals surface area contributed by atoms with Gasteiger partial charge in [0.15, 0.2) is 11.5 Å². The largest absolute Gasteiger partial charge is 0.493 e. The van der Waals surface area contributed by atoms with Gasteiger partial charge in [-0.2, -0.15) is 4.31 Å². The molecule has 0 bridgehead atoms. The highest BCUT2D eigenvalue weighted by Crippen LogP contribution is 2.27. The van der Waals surface area contributed by atoms with Gasteiger partial charge in [-0.15, -0.1) is 0 Å². The second-order valence-corrected chi connectivity index (χ2v) is 9.06. The molecule has 1 N–H and O–H groups in total. The van der Waals surface area contributed by atoms with Gasteiger partial charge in [-0.3, -0.25) is 4.79 Å². The van der Waals surface area contributed by atoms with Gasteiger partial charge >= 0.3 is 0 Å². The maximum absolute atomic E-state index is 14.3. The summed E-state index contributed by atoms with van der Waals surface area (Å²) in [7, 11) is -1.23. The number of nitrogens with zero attached hydrogens (tertiary/aromatic N) is 1. The molecule has 0 heterocycles. The quantitative estimate of drug-likeness (QED) is 0.489. The first-order valence-corrected chi connectivity index (χ1v) is 11.6. The third-order valence-electron chi connectivity index (χ3n) is 4.91. The second kappa shape index (κ2) is 10.9. The maximum atomic E-state index is 14.3. The SMILES string of the molecule is COc1ccc(CNC(=O)CN(Cc2ccccc2)S(=O)(=O)c2ccccc2F)cc1OC. The predicted octanol–water partition coefficient (Wildman–Crippen LogP) is 3.35. The molecule has 174 valence electrons. The zero-order valence-electron chi connectivity index (χ0n) is 18.3. The Morgan fingerprint density at radius 1 is 0.909 bits per heavy atom. The first-order chi connectivity index (χ1) is 15.8. The molecule has 0 aliphatic carbocycles. The lowest BCUT2D eigenvalue weighted by Crippen LogP contribution is -2.40. The van der Waals surface area contributed by atoms with E-state index >= 15 is 0 Å².